The summed E-state index contributed by atoms with van der Waals surface area (Å²) in [5, 5.41) is 12.7. The van der Waals surface area contributed by atoms with E-state index in [1.54, 1.807) is 12.1 Å². The lowest BCUT2D eigenvalue weighted by atomic mass is 10.0. The van der Waals surface area contributed by atoms with Gasteiger partial charge in [0.15, 0.2) is 0 Å². The number of hydrogen-bond donors (Lipinski definition) is 2. The van der Waals surface area contributed by atoms with Crippen molar-refractivity contribution in [1.29, 1.82) is 0 Å². The van der Waals surface area contributed by atoms with E-state index in [0.717, 1.165) is 12.1 Å². The van der Waals surface area contributed by atoms with E-state index in [2.05, 4.69) is 24.4 Å². The highest BCUT2D eigenvalue weighted by Gasteiger charge is 2.12. The van der Waals surface area contributed by atoms with E-state index < -0.39 is 5.97 Å². The Morgan fingerprint density at radius 1 is 1.25 bits per heavy atom. The van der Waals surface area contributed by atoms with Crippen molar-refractivity contribution in [1.82, 2.24) is 0 Å². The average Bonchev–Trinajstić information content (AvgIpc) is 2.46. The normalized spacial score (nSPS) is 11.9. The Hall–Kier alpha value is -2.00. The lowest BCUT2D eigenvalue weighted by Gasteiger charge is -2.19. The summed E-state index contributed by atoms with van der Waals surface area (Å²) in [5.41, 5.74) is 2.11. The Labute approximate surface area is 123 Å². The Balaban J connectivity index is 2.22. The van der Waals surface area contributed by atoms with Crippen molar-refractivity contribution in [3.63, 3.8) is 0 Å². The first-order chi connectivity index (χ1) is 9.61. The summed E-state index contributed by atoms with van der Waals surface area (Å²) in [5.74, 6) is -0.978. The van der Waals surface area contributed by atoms with E-state index in [-0.39, 0.29) is 11.6 Å². The maximum absolute atomic E-state index is 10.9. The highest BCUT2D eigenvalue weighted by Crippen LogP contribution is 2.28. The van der Waals surface area contributed by atoms with Crippen LogP contribution in [-0.4, -0.2) is 11.1 Å². The number of carboxylic acid groups (broad SMARTS) is 1. The van der Waals surface area contributed by atoms with Crippen molar-refractivity contribution in [3.8, 4) is 0 Å². The second-order valence-corrected chi connectivity index (χ2v) is 4.92. The van der Waals surface area contributed by atoms with Crippen LogP contribution in [0.2, 0.25) is 5.02 Å². The van der Waals surface area contributed by atoms with Crippen molar-refractivity contribution < 1.29 is 9.90 Å². The van der Waals surface area contributed by atoms with Crippen LogP contribution in [0.5, 0.6) is 0 Å². The smallest absolute Gasteiger partial charge is 0.335 e. The molecule has 20 heavy (non-hydrogen) atoms. The maximum atomic E-state index is 10.9. The van der Waals surface area contributed by atoms with Gasteiger partial charge in [-0.05, 0) is 30.2 Å². The summed E-state index contributed by atoms with van der Waals surface area (Å²) in [4.78, 5) is 10.9. The zero-order chi connectivity index (χ0) is 14.5. The van der Waals surface area contributed by atoms with Gasteiger partial charge in [-0.1, -0.05) is 48.9 Å². The molecule has 0 radical (unpaired) electrons. The third kappa shape index (κ3) is 3.31. The van der Waals surface area contributed by atoms with Gasteiger partial charge in [0.1, 0.15) is 0 Å². The Kier molecular flexibility index (Phi) is 4.64. The molecule has 1 atom stereocenters. The predicted octanol–water partition coefficient (Wildman–Crippen LogP) is 4.60. The van der Waals surface area contributed by atoms with Gasteiger partial charge in [0.05, 0.1) is 22.3 Å². The lowest BCUT2D eigenvalue weighted by molar-refractivity contribution is 0.0697. The lowest BCUT2D eigenvalue weighted by Crippen LogP contribution is -2.10. The van der Waals surface area contributed by atoms with Crippen LogP contribution in [0.15, 0.2) is 48.5 Å². The number of anilines is 1. The van der Waals surface area contributed by atoms with Crippen LogP contribution in [0, 0.1) is 0 Å². The minimum Gasteiger partial charge on any atom is -0.478 e. The number of aromatic carboxylic acids is 1. The zero-order valence-electron chi connectivity index (χ0n) is 11.1. The van der Waals surface area contributed by atoms with Crippen molar-refractivity contribution in [2.75, 3.05) is 5.32 Å². The molecule has 0 aromatic heterocycles. The van der Waals surface area contributed by atoms with E-state index in [4.69, 9.17) is 16.7 Å². The van der Waals surface area contributed by atoms with E-state index in [1.807, 2.05) is 18.2 Å². The summed E-state index contributed by atoms with van der Waals surface area (Å²) >= 11 is 6.14. The van der Waals surface area contributed by atoms with Crippen LogP contribution in [0.3, 0.4) is 0 Å². The molecule has 2 aromatic carbocycles. The predicted molar refractivity (Wildman–Crippen MR) is 81.5 cm³/mol. The van der Waals surface area contributed by atoms with Gasteiger partial charge in [-0.3, -0.25) is 0 Å². The molecule has 0 aliphatic carbocycles. The van der Waals surface area contributed by atoms with Gasteiger partial charge in [0, 0.05) is 0 Å². The fraction of sp³-hybridized carbons (Fsp3) is 0.188. The van der Waals surface area contributed by atoms with Crippen molar-refractivity contribution in [3.05, 3.63) is 64.7 Å². The van der Waals surface area contributed by atoms with Crippen LogP contribution in [-0.2, 0) is 0 Å². The second kappa shape index (κ2) is 6.44. The van der Waals surface area contributed by atoms with Gasteiger partial charge < -0.3 is 10.4 Å². The SMILES string of the molecule is CCC(Nc1ccc(C(=O)O)cc1Cl)c1ccccc1. The number of carbonyl (C=O) groups is 1. The van der Waals surface area contributed by atoms with E-state index in [1.165, 1.54) is 11.6 Å². The molecule has 1 unspecified atom stereocenters. The fourth-order valence-corrected chi connectivity index (χ4v) is 2.29. The number of rotatable bonds is 5. The monoisotopic (exact) mass is 289 g/mol. The van der Waals surface area contributed by atoms with Gasteiger partial charge in [-0.15, -0.1) is 0 Å². The number of carboxylic acids is 1. The molecule has 0 amide bonds. The Morgan fingerprint density at radius 3 is 2.50 bits per heavy atom. The molecule has 2 rings (SSSR count). The molecule has 4 heteroatoms. The standard InChI is InChI=1S/C16H16ClNO2/c1-2-14(11-6-4-3-5-7-11)18-15-9-8-12(16(19)20)10-13(15)17/h3-10,14,18H,2H2,1H3,(H,19,20). The first-order valence-corrected chi connectivity index (χ1v) is 6.84. The first-order valence-electron chi connectivity index (χ1n) is 6.46. The summed E-state index contributed by atoms with van der Waals surface area (Å²) in [6.07, 6.45) is 0.904. The molecule has 0 bridgehead atoms. The molecule has 2 N–H and O–H groups in total. The van der Waals surface area contributed by atoms with Crippen LogP contribution in [0.1, 0.15) is 35.3 Å². The average molecular weight is 290 g/mol. The summed E-state index contributed by atoms with van der Waals surface area (Å²) in [6, 6.07) is 14.9. The zero-order valence-corrected chi connectivity index (χ0v) is 11.9. The molecule has 0 saturated carbocycles. The molecule has 0 spiro atoms. The molecule has 0 aliphatic heterocycles. The molecule has 0 heterocycles. The molecule has 2 aromatic rings. The Bertz CT molecular complexity index is 599. The maximum Gasteiger partial charge on any atom is 0.335 e. The summed E-state index contributed by atoms with van der Waals surface area (Å²) in [7, 11) is 0. The minimum absolute atomic E-state index is 0.143. The third-order valence-corrected chi connectivity index (χ3v) is 3.47. The van der Waals surface area contributed by atoms with Crippen LogP contribution >= 0.6 is 11.6 Å². The molecule has 0 aliphatic rings. The van der Waals surface area contributed by atoms with Gasteiger partial charge in [0.2, 0.25) is 0 Å². The second-order valence-electron chi connectivity index (χ2n) is 4.52. The quantitative estimate of drug-likeness (QED) is 0.845. The topological polar surface area (TPSA) is 49.3 Å². The highest BCUT2D eigenvalue weighted by molar-refractivity contribution is 6.33. The first kappa shape index (κ1) is 14.4. The minimum atomic E-state index is -0.978. The highest BCUT2D eigenvalue weighted by atomic mass is 35.5. The van der Waals surface area contributed by atoms with Crippen molar-refractivity contribution in [2.45, 2.75) is 19.4 Å². The number of hydrogen-bond acceptors (Lipinski definition) is 2. The Morgan fingerprint density at radius 2 is 1.95 bits per heavy atom. The largest absolute Gasteiger partial charge is 0.478 e. The van der Waals surface area contributed by atoms with Gasteiger partial charge >= 0.3 is 5.97 Å². The van der Waals surface area contributed by atoms with E-state index >= 15 is 0 Å². The van der Waals surface area contributed by atoms with Crippen LogP contribution < -0.4 is 5.32 Å². The van der Waals surface area contributed by atoms with E-state index in [9.17, 15) is 4.79 Å². The van der Waals surface area contributed by atoms with Crippen LogP contribution in [0.4, 0.5) is 5.69 Å². The van der Waals surface area contributed by atoms with Gasteiger partial charge in [-0.2, -0.15) is 0 Å². The fourth-order valence-electron chi connectivity index (χ4n) is 2.06. The third-order valence-electron chi connectivity index (χ3n) is 3.16. The van der Waals surface area contributed by atoms with E-state index in [0.29, 0.717) is 5.02 Å². The summed E-state index contributed by atoms with van der Waals surface area (Å²) in [6.45, 7) is 2.09. The number of halogens is 1. The molecule has 104 valence electrons. The number of nitrogens with one attached hydrogen (secondary N) is 1. The molecule has 0 saturated heterocycles. The molecule has 0 fully saturated rings. The number of benzene rings is 2. The molecular formula is C16H16ClNO2. The molecule has 3 nitrogen and oxygen atoms in total. The van der Waals surface area contributed by atoms with Gasteiger partial charge in [-0.25, -0.2) is 4.79 Å². The molecular weight excluding hydrogens is 274 g/mol. The van der Waals surface area contributed by atoms with Crippen molar-refractivity contribution >= 4 is 23.3 Å². The summed E-state index contributed by atoms with van der Waals surface area (Å²) < 4.78 is 0. The van der Waals surface area contributed by atoms with Gasteiger partial charge in [0.25, 0.3) is 0 Å². The van der Waals surface area contributed by atoms with Crippen molar-refractivity contribution in [2.24, 2.45) is 0 Å². The van der Waals surface area contributed by atoms with Crippen LogP contribution in [0.25, 0.3) is 0 Å².